The fraction of sp³-hybridized carbons (Fsp3) is 0.216. The molecule has 0 N–H and O–H groups in total. The minimum atomic E-state index is -0.184. The summed E-state index contributed by atoms with van der Waals surface area (Å²) in [6.45, 7) is 14.9. The lowest BCUT2D eigenvalue weighted by molar-refractivity contribution is 0.732. The average Bonchev–Trinajstić information content (AvgIpc) is 3.41. The summed E-state index contributed by atoms with van der Waals surface area (Å²) in [5.74, 6) is 0.250. The second kappa shape index (κ2) is 9.54. The van der Waals surface area contributed by atoms with Gasteiger partial charge in [-0.15, -0.1) is 0 Å². The maximum absolute atomic E-state index is 5.39. The molecule has 39 heavy (non-hydrogen) atoms. The van der Waals surface area contributed by atoms with Gasteiger partial charge in [-0.3, -0.25) is 4.99 Å². The Morgan fingerprint density at radius 1 is 0.949 bits per heavy atom. The molecule has 2 atom stereocenters. The van der Waals surface area contributed by atoms with Gasteiger partial charge in [-0.25, -0.2) is 0 Å². The second-order valence-corrected chi connectivity index (χ2v) is 11.3. The van der Waals surface area contributed by atoms with E-state index >= 15 is 0 Å². The Hall–Kier alpha value is -4.17. The van der Waals surface area contributed by atoms with Crippen LogP contribution in [-0.2, 0) is 5.41 Å². The highest BCUT2D eigenvalue weighted by atomic mass is 15.2. The van der Waals surface area contributed by atoms with E-state index in [2.05, 4.69) is 137 Å². The van der Waals surface area contributed by atoms with Crippen LogP contribution >= 0.6 is 0 Å². The molecule has 2 heteroatoms. The third kappa shape index (κ3) is 3.89. The van der Waals surface area contributed by atoms with Gasteiger partial charge in [-0.1, -0.05) is 105 Å². The maximum atomic E-state index is 5.39. The number of benzene rings is 3. The summed E-state index contributed by atoms with van der Waals surface area (Å²) >= 11 is 0. The van der Waals surface area contributed by atoms with Crippen molar-refractivity contribution in [2.45, 2.75) is 52.0 Å². The van der Waals surface area contributed by atoms with E-state index in [4.69, 9.17) is 4.99 Å². The number of rotatable bonds is 5. The van der Waals surface area contributed by atoms with Crippen molar-refractivity contribution in [1.82, 2.24) is 0 Å². The van der Waals surface area contributed by atoms with Gasteiger partial charge in [0.1, 0.15) is 0 Å². The lowest BCUT2D eigenvalue weighted by Gasteiger charge is -2.29. The van der Waals surface area contributed by atoms with Gasteiger partial charge in [0.25, 0.3) is 0 Å². The van der Waals surface area contributed by atoms with Crippen LogP contribution in [0.2, 0.25) is 0 Å². The Morgan fingerprint density at radius 3 is 2.49 bits per heavy atom. The second-order valence-electron chi connectivity index (χ2n) is 11.3. The van der Waals surface area contributed by atoms with Crippen molar-refractivity contribution in [2.24, 2.45) is 4.99 Å². The number of anilines is 2. The van der Waals surface area contributed by atoms with E-state index in [0.29, 0.717) is 0 Å². The number of hydrogen-bond donors (Lipinski definition) is 0. The molecular weight excluding hydrogens is 472 g/mol. The first-order valence-electron chi connectivity index (χ1n) is 13.9. The monoisotopic (exact) mass is 508 g/mol. The highest BCUT2D eigenvalue weighted by molar-refractivity contribution is 6.14. The number of aliphatic imine (C=N–C) groups is 1. The van der Waals surface area contributed by atoms with E-state index in [9.17, 15) is 0 Å². The highest BCUT2D eigenvalue weighted by Gasteiger charge is 2.44. The summed E-state index contributed by atoms with van der Waals surface area (Å²) in [6, 6.07) is 20.4. The van der Waals surface area contributed by atoms with Gasteiger partial charge < -0.3 is 4.90 Å². The first kappa shape index (κ1) is 25.1. The molecule has 2 aliphatic heterocycles. The molecule has 2 heterocycles. The van der Waals surface area contributed by atoms with Crippen LogP contribution in [0.25, 0.3) is 11.1 Å². The van der Waals surface area contributed by atoms with Crippen molar-refractivity contribution < 1.29 is 0 Å². The molecule has 0 fully saturated rings. The molecule has 0 amide bonds. The number of nitrogens with zero attached hydrogens (tertiary/aromatic N) is 2. The first-order valence-corrected chi connectivity index (χ1v) is 13.9. The summed E-state index contributed by atoms with van der Waals surface area (Å²) in [4.78, 5) is 7.91. The standard InChI is InChI=1S/C37H36N2/c1-7-9-15-26(8-2)36-37(5,6)31-21-22-33-34(35(31)38-36)29-17-12-13-18-32(29)39(33)27-20-19-25(4)30(23-27)28-16-11-10-14-24(28)3/h7-23,29,32H,1H2,2-6H3/b15-9-,26-8+. The SMILES string of the molecule is C=C/C=C\C(=C/C)C1=Nc2c(ccc3c2C2C=CC=CC2N3c2ccc(C)c(-c3ccccc3C)c2)C1(C)C. The van der Waals surface area contributed by atoms with Crippen molar-refractivity contribution in [3.8, 4) is 11.1 Å². The minimum Gasteiger partial charge on any atom is -0.333 e. The number of hydrogen-bond acceptors (Lipinski definition) is 2. The molecule has 3 aliphatic rings. The van der Waals surface area contributed by atoms with Gasteiger partial charge in [0.15, 0.2) is 0 Å². The summed E-state index contributed by atoms with van der Waals surface area (Å²) < 4.78 is 0. The van der Waals surface area contributed by atoms with Crippen LogP contribution in [-0.4, -0.2) is 11.8 Å². The van der Waals surface area contributed by atoms with Crippen molar-refractivity contribution in [2.75, 3.05) is 4.90 Å². The molecule has 0 spiro atoms. The van der Waals surface area contributed by atoms with E-state index in [1.54, 1.807) is 0 Å². The van der Waals surface area contributed by atoms with Gasteiger partial charge >= 0.3 is 0 Å². The Kier molecular flexibility index (Phi) is 6.14. The van der Waals surface area contributed by atoms with E-state index in [1.807, 2.05) is 12.2 Å². The van der Waals surface area contributed by atoms with Crippen LogP contribution in [0.4, 0.5) is 17.1 Å². The minimum absolute atomic E-state index is 0.184. The van der Waals surface area contributed by atoms with Crippen LogP contribution in [0.5, 0.6) is 0 Å². The molecule has 6 rings (SSSR count). The van der Waals surface area contributed by atoms with Crippen LogP contribution in [0.1, 0.15) is 48.9 Å². The Bertz CT molecular complexity index is 1640. The van der Waals surface area contributed by atoms with Gasteiger partial charge in [0, 0.05) is 28.3 Å². The zero-order chi connectivity index (χ0) is 27.3. The number of aryl methyl sites for hydroxylation is 2. The van der Waals surface area contributed by atoms with Crippen molar-refractivity contribution in [1.29, 1.82) is 0 Å². The molecule has 0 aromatic heterocycles. The lowest BCUT2D eigenvalue weighted by atomic mass is 9.77. The lowest BCUT2D eigenvalue weighted by Crippen LogP contribution is -2.28. The molecule has 0 bridgehead atoms. The predicted molar refractivity (Wildman–Crippen MR) is 168 cm³/mol. The normalized spacial score (nSPS) is 20.7. The van der Waals surface area contributed by atoms with E-state index in [1.165, 1.54) is 44.8 Å². The van der Waals surface area contributed by atoms with E-state index in [-0.39, 0.29) is 17.4 Å². The Balaban J connectivity index is 1.54. The summed E-state index contributed by atoms with van der Waals surface area (Å²) in [7, 11) is 0. The quantitative estimate of drug-likeness (QED) is 0.313. The molecule has 1 aliphatic carbocycles. The van der Waals surface area contributed by atoms with Crippen molar-refractivity contribution in [3.63, 3.8) is 0 Å². The molecule has 194 valence electrons. The molecule has 0 radical (unpaired) electrons. The van der Waals surface area contributed by atoms with Crippen LogP contribution in [0.3, 0.4) is 0 Å². The molecule has 0 saturated carbocycles. The number of fused-ring (bicyclic) bond motifs is 5. The van der Waals surface area contributed by atoms with Crippen molar-refractivity contribution in [3.05, 3.63) is 138 Å². The molecule has 2 unspecified atom stereocenters. The molecule has 2 nitrogen and oxygen atoms in total. The fourth-order valence-corrected chi connectivity index (χ4v) is 6.55. The summed E-state index contributed by atoms with van der Waals surface area (Å²) in [6.07, 6.45) is 17.2. The van der Waals surface area contributed by atoms with Gasteiger partial charge in [-0.2, -0.15) is 0 Å². The molecular formula is C37H36N2. The van der Waals surface area contributed by atoms with Gasteiger partial charge in [-0.05, 0) is 72.4 Å². The highest BCUT2D eigenvalue weighted by Crippen LogP contribution is 2.56. The van der Waals surface area contributed by atoms with E-state index in [0.717, 1.165) is 17.0 Å². The smallest absolute Gasteiger partial charge is 0.0734 e. The topological polar surface area (TPSA) is 15.6 Å². The van der Waals surface area contributed by atoms with Crippen LogP contribution in [0, 0.1) is 13.8 Å². The summed E-state index contributed by atoms with van der Waals surface area (Å²) in [5.41, 5.74) is 13.5. The molecule has 0 saturated heterocycles. The van der Waals surface area contributed by atoms with Crippen LogP contribution in [0.15, 0.2) is 120 Å². The third-order valence-corrected chi connectivity index (χ3v) is 8.61. The van der Waals surface area contributed by atoms with Gasteiger partial charge in [0.2, 0.25) is 0 Å². The third-order valence-electron chi connectivity index (χ3n) is 8.61. The van der Waals surface area contributed by atoms with Crippen LogP contribution < -0.4 is 4.90 Å². The van der Waals surface area contributed by atoms with Crippen molar-refractivity contribution >= 4 is 22.8 Å². The largest absolute Gasteiger partial charge is 0.333 e. The Morgan fingerprint density at radius 2 is 1.72 bits per heavy atom. The van der Waals surface area contributed by atoms with Gasteiger partial charge in [0.05, 0.1) is 17.4 Å². The summed E-state index contributed by atoms with van der Waals surface area (Å²) in [5, 5.41) is 0. The average molecular weight is 509 g/mol. The predicted octanol–water partition coefficient (Wildman–Crippen LogP) is 9.75. The fourth-order valence-electron chi connectivity index (χ4n) is 6.55. The zero-order valence-electron chi connectivity index (χ0n) is 23.6. The van der Waals surface area contributed by atoms with E-state index < -0.39 is 0 Å². The first-order chi connectivity index (χ1) is 18.9. The number of allylic oxidation sites excluding steroid dienone is 7. The molecule has 3 aromatic carbocycles. The Labute approximate surface area is 233 Å². The zero-order valence-corrected chi connectivity index (χ0v) is 23.6. The maximum Gasteiger partial charge on any atom is 0.0734 e. The molecule has 3 aromatic rings.